The Balaban J connectivity index is 1.84. The second kappa shape index (κ2) is 8.02. The Bertz CT molecular complexity index is 723. The predicted molar refractivity (Wildman–Crippen MR) is 101 cm³/mol. The van der Waals surface area contributed by atoms with Gasteiger partial charge in [0.2, 0.25) is 0 Å². The molecule has 25 heavy (non-hydrogen) atoms. The van der Waals surface area contributed by atoms with Crippen LogP contribution in [0.1, 0.15) is 23.2 Å². The van der Waals surface area contributed by atoms with Gasteiger partial charge in [0, 0.05) is 50.4 Å². The Morgan fingerprint density at radius 3 is 2.88 bits per heavy atom. The van der Waals surface area contributed by atoms with Gasteiger partial charge in [0.1, 0.15) is 0 Å². The summed E-state index contributed by atoms with van der Waals surface area (Å²) in [6.45, 7) is 4.16. The molecule has 0 aliphatic carbocycles. The SMILES string of the molecule is COCCn1cc(C(=O)N2CCC[C@@H](CN(C)C)C2)c2ccccc21. The van der Waals surface area contributed by atoms with Gasteiger partial charge >= 0.3 is 0 Å². The van der Waals surface area contributed by atoms with Crippen molar-refractivity contribution in [3.05, 3.63) is 36.0 Å². The molecule has 1 atom stereocenters. The van der Waals surface area contributed by atoms with Crippen LogP contribution in [0.5, 0.6) is 0 Å². The molecule has 2 aromatic rings. The number of hydrogen-bond donors (Lipinski definition) is 0. The Morgan fingerprint density at radius 1 is 1.32 bits per heavy atom. The van der Waals surface area contributed by atoms with Gasteiger partial charge in [-0.25, -0.2) is 0 Å². The van der Waals surface area contributed by atoms with Crippen molar-refractivity contribution in [3.63, 3.8) is 0 Å². The van der Waals surface area contributed by atoms with Gasteiger partial charge in [0.25, 0.3) is 5.91 Å². The van der Waals surface area contributed by atoms with Crippen LogP contribution in [0.3, 0.4) is 0 Å². The molecular formula is C20H29N3O2. The third-order valence-electron chi connectivity index (χ3n) is 4.98. The van der Waals surface area contributed by atoms with E-state index in [1.165, 1.54) is 6.42 Å². The summed E-state index contributed by atoms with van der Waals surface area (Å²) in [6, 6.07) is 8.15. The number of rotatable bonds is 6. The molecule has 0 saturated carbocycles. The number of hydrogen-bond acceptors (Lipinski definition) is 3. The van der Waals surface area contributed by atoms with Crippen LogP contribution < -0.4 is 0 Å². The van der Waals surface area contributed by atoms with E-state index in [0.717, 1.165) is 49.1 Å². The normalized spacial score (nSPS) is 18.2. The van der Waals surface area contributed by atoms with Gasteiger partial charge in [-0.3, -0.25) is 4.79 Å². The van der Waals surface area contributed by atoms with Crippen LogP contribution in [-0.2, 0) is 11.3 Å². The maximum Gasteiger partial charge on any atom is 0.256 e. The summed E-state index contributed by atoms with van der Waals surface area (Å²) in [7, 11) is 5.91. The molecule has 0 radical (unpaired) electrons. The maximum absolute atomic E-state index is 13.2. The smallest absolute Gasteiger partial charge is 0.256 e. The Kier molecular flexibility index (Phi) is 5.76. The molecule has 1 amide bonds. The van der Waals surface area contributed by atoms with Crippen molar-refractivity contribution in [2.75, 3.05) is 47.4 Å². The van der Waals surface area contributed by atoms with E-state index in [0.29, 0.717) is 12.5 Å². The first-order valence-electron chi connectivity index (χ1n) is 9.11. The second-order valence-electron chi connectivity index (χ2n) is 7.27. The lowest BCUT2D eigenvalue weighted by Crippen LogP contribution is -2.42. The van der Waals surface area contributed by atoms with E-state index in [1.807, 2.05) is 29.3 Å². The van der Waals surface area contributed by atoms with Crippen LogP contribution in [-0.4, -0.2) is 67.7 Å². The van der Waals surface area contributed by atoms with Crippen molar-refractivity contribution in [1.29, 1.82) is 0 Å². The van der Waals surface area contributed by atoms with Crippen molar-refractivity contribution in [2.45, 2.75) is 19.4 Å². The molecule has 1 aromatic carbocycles. The molecule has 1 saturated heterocycles. The molecule has 1 aliphatic heterocycles. The van der Waals surface area contributed by atoms with E-state index in [-0.39, 0.29) is 5.91 Å². The van der Waals surface area contributed by atoms with Crippen molar-refractivity contribution in [3.8, 4) is 0 Å². The number of carbonyl (C=O) groups excluding carboxylic acids is 1. The van der Waals surface area contributed by atoms with Gasteiger partial charge in [-0.1, -0.05) is 18.2 Å². The van der Waals surface area contributed by atoms with Gasteiger partial charge in [-0.2, -0.15) is 0 Å². The van der Waals surface area contributed by atoms with Crippen LogP contribution in [0.15, 0.2) is 30.5 Å². The zero-order valence-corrected chi connectivity index (χ0v) is 15.6. The first-order chi connectivity index (χ1) is 12.1. The van der Waals surface area contributed by atoms with E-state index in [1.54, 1.807) is 7.11 Å². The maximum atomic E-state index is 13.2. The fourth-order valence-electron chi connectivity index (χ4n) is 3.88. The van der Waals surface area contributed by atoms with E-state index < -0.39 is 0 Å². The topological polar surface area (TPSA) is 37.7 Å². The van der Waals surface area contributed by atoms with Crippen molar-refractivity contribution < 1.29 is 9.53 Å². The summed E-state index contributed by atoms with van der Waals surface area (Å²) in [4.78, 5) is 17.5. The molecule has 1 fully saturated rings. The van der Waals surface area contributed by atoms with E-state index in [4.69, 9.17) is 4.74 Å². The monoisotopic (exact) mass is 343 g/mol. The Labute approximate surface area is 150 Å². The molecule has 1 aliphatic rings. The quantitative estimate of drug-likeness (QED) is 0.809. The summed E-state index contributed by atoms with van der Waals surface area (Å²) in [5.41, 5.74) is 1.92. The van der Waals surface area contributed by atoms with Crippen LogP contribution in [0.4, 0.5) is 0 Å². The van der Waals surface area contributed by atoms with Crippen LogP contribution in [0, 0.1) is 5.92 Å². The molecular weight excluding hydrogens is 314 g/mol. The highest BCUT2D eigenvalue weighted by Gasteiger charge is 2.26. The van der Waals surface area contributed by atoms with Crippen LogP contribution >= 0.6 is 0 Å². The number of carbonyl (C=O) groups is 1. The van der Waals surface area contributed by atoms with E-state index >= 15 is 0 Å². The molecule has 0 spiro atoms. The summed E-state index contributed by atoms with van der Waals surface area (Å²) in [6.07, 6.45) is 4.30. The van der Waals surface area contributed by atoms with E-state index in [2.05, 4.69) is 29.6 Å². The third-order valence-corrected chi connectivity index (χ3v) is 4.98. The molecule has 2 heterocycles. The predicted octanol–water partition coefficient (Wildman–Crippen LogP) is 2.70. The largest absolute Gasteiger partial charge is 0.383 e. The zero-order valence-electron chi connectivity index (χ0n) is 15.6. The number of nitrogens with zero attached hydrogens (tertiary/aromatic N) is 3. The number of benzene rings is 1. The number of aromatic nitrogens is 1. The first-order valence-corrected chi connectivity index (χ1v) is 9.11. The zero-order chi connectivity index (χ0) is 17.8. The fraction of sp³-hybridized carbons (Fsp3) is 0.550. The molecule has 0 bridgehead atoms. The minimum absolute atomic E-state index is 0.163. The van der Waals surface area contributed by atoms with Gasteiger partial charge in [0.15, 0.2) is 0 Å². The van der Waals surface area contributed by atoms with Gasteiger partial charge in [-0.15, -0.1) is 0 Å². The number of para-hydroxylation sites is 1. The molecule has 1 aromatic heterocycles. The number of methoxy groups -OCH3 is 1. The standard InChI is InChI=1S/C20H29N3O2/c1-21(2)13-16-7-6-10-23(14-16)20(24)18-15-22(11-12-25-3)19-9-5-4-8-17(18)19/h4-5,8-9,15-16H,6-7,10-14H2,1-3H3/t16-/m0/s1. The fourth-order valence-corrected chi connectivity index (χ4v) is 3.88. The molecule has 136 valence electrons. The third kappa shape index (κ3) is 4.05. The minimum atomic E-state index is 0.163. The molecule has 5 heteroatoms. The van der Waals surface area contributed by atoms with Gasteiger partial charge in [-0.05, 0) is 38.9 Å². The van der Waals surface area contributed by atoms with Crippen LogP contribution in [0.25, 0.3) is 10.9 Å². The van der Waals surface area contributed by atoms with E-state index in [9.17, 15) is 4.79 Å². The highest BCUT2D eigenvalue weighted by Crippen LogP contribution is 2.25. The highest BCUT2D eigenvalue weighted by atomic mass is 16.5. The molecule has 0 N–H and O–H groups in total. The Morgan fingerprint density at radius 2 is 2.12 bits per heavy atom. The average molecular weight is 343 g/mol. The van der Waals surface area contributed by atoms with Gasteiger partial charge in [0.05, 0.1) is 12.2 Å². The van der Waals surface area contributed by atoms with Crippen molar-refractivity contribution >= 4 is 16.8 Å². The lowest BCUT2D eigenvalue weighted by Gasteiger charge is -2.34. The summed E-state index contributed by atoms with van der Waals surface area (Å²) < 4.78 is 7.34. The lowest BCUT2D eigenvalue weighted by molar-refractivity contribution is 0.0656. The molecule has 3 rings (SSSR count). The first kappa shape index (κ1) is 18.0. The number of likely N-dealkylation sites (tertiary alicyclic amines) is 1. The summed E-state index contributed by atoms with van der Waals surface area (Å²) in [5, 5.41) is 1.04. The summed E-state index contributed by atoms with van der Waals surface area (Å²) in [5.74, 6) is 0.727. The number of amides is 1. The molecule has 5 nitrogen and oxygen atoms in total. The summed E-state index contributed by atoms with van der Waals surface area (Å²) >= 11 is 0. The van der Waals surface area contributed by atoms with Crippen molar-refractivity contribution in [1.82, 2.24) is 14.4 Å². The second-order valence-corrected chi connectivity index (χ2v) is 7.27. The Hall–Kier alpha value is -1.85. The molecule has 0 unspecified atom stereocenters. The average Bonchev–Trinajstić information content (AvgIpc) is 2.98. The van der Waals surface area contributed by atoms with Crippen LogP contribution in [0.2, 0.25) is 0 Å². The highest BCUT2D eigenvalue weighted by molar-refractivity contribution is 6.07. The number of ether oxygens (including phenoxy) is 1. The number of piperidine rings is 1. The minimum Gasteiger partial charge on any atom is -0.383 e. The van der Waals surface area contributed by atoms with Gasteiger partial charge < -0.3 is 19.1 Å². The number of fused-ring (bicyclic) bond motifs is 1. The lowest BCUT2D eigenvalue weighted by atomic mass is 9.97. The van der Waals surface area contributed by atoms with Crippen molar-refractivity contribution in [2.24, 2.45) is 5.92 Å².